The molecule has 2 rings (SSSR count). The summed E-state index contributed by atoms with van der Waals surface area (Å²) < 4.78 is 12.6. The van der Waals surface area contributed by atoms with E-state index in [9.17, 15) is 0 Å². The van der Waals surface area contributed by atoms with Gasteiger partial charge in [0, 0.05) is 39.0 Å². The zero-order chi connectivity index (χ0) is 12.8. The van der Waals surface area contributed by atoms with E-state index in [0.717, 1.165) is 51.3 Å². The van der Waals surface area contributed by atoms with Crippen molar-refractivity contribution in [1.82, 2.24) is 9.78 Å². The number of nitrogens with two attached hydrogens (primary N) is 1. The molecule has 1 saturated heterocycles. The molecule has 0 aromatic carbocycles. The van der Waals surface area contributed by atoms with Crippen molar-refractivity contribution in [2.75, 3.05) is 26.9 Å². The van der Waals surface area contributed by atoms with Crippen molar-refractivity contribution in [3.8, 4) is 0 Å². The first-order chi connectivity index (χ1) is 8.83. The van der Waals surface area contributed by atoms with E-state index in [1.807, 2.05) is 16.9 Å². The molecular weight excluding hydrogens is 230 g/mol. The summed E-state index contributed by atoms with van der Waals surface area (Å²) in [7, 11) is 1.72. The van der Waals surface area contributed by atoms with E-state index in [0.29, 0.717) is 5.92 Å². The molecule has 2 atom stereocenters. The Balaban J connectivity index is 1.96. The van der Waals surface area contributed by atoms with Gasteiger partial charge in [-0.15, -0.1) is 0 Å². The molecule has 18 heavy (non-hydrogen) atoms. The van der Waals surface area contributed by atoms with Crippen LogP contribution in [0.2, 0.25) is 0 Å². The van der Waals surface area contributed by atoms with E-state index in [4.69, 9.17) is 15.2 Å². The van der Waals surface area contributed by atoms with Crippen LogP contribution in [-0.2, 0) is 16.0 Å². The van der Waals surface area contributed by atoms with Gasteiger partial charge in [-0.2, -0.15) is 5.10 Å². The maximum Gasteiger partial charge on any atom is 0.0555 e. The van der Waals surface area contributed by atoms with Gasteiger partial charge < -0.3 is 15.2 Å². The number of nitrogens with zero attached hydrogens (tertiary/aromatic N) is 2. The third-order valence-electron chi connectivity index (χ3n) is 3.51. The minimum atomic E-state index is 0.0235. The molecule has 2 heterocycles. The molecule has 0 radical (unpaired) electrons. The van der Waals surface area contributed by atoms with Crippen LogP contribution >= 0.6 is 0 Å². The van der Waals surface area contributed by atoms with Crippen LogP contribution in [0.4, 0.5) is 0 Å². The van der Waals surface area contributed by atoms with Crippen molar-refractivity contribution in [2.45, 2.75) is 31.8 Å². The Labute approximate surface area is 108 Å². The van der Waals surface area contributed by atoms with Crippen molar-refractivity contribution >= 4 is 0 Å². The Hall–Kier alpha value is -0.910. The van der Waals surface area contributed by atoms with Crippen LogP contribution in [-0.4, -0.2) is 36.7 Å². The molecule has 1 fully saturated rings. The fourth-order valence-electron chi connectivity index (χ4n) is 2.46. The number of aromatic nitrogens is 2. The highest BCUT2D eigenvalue weighted by Crippen LogP contribution is 2.26. The molecule has 0 bridgehead atoms. The summed E-state index contributed by atoms with van der Waals surface area (Å²) in [4.78, 5) is 0. The summed E-state index contributed by atoms with van der Waals surface area (Å²) >= 11 is 0. The number of aryl methyl sites for hydroxylation is 1. The van der Waals surface area contributed by atoms with E-state index in [1.165, 1.54) is 0 Å². The minimum Gasteiger partial charge on any atom is -0.385 e. The Kier molecular flexibility index (Phi) is 5.16. The number of hydrogen-bond acceptors (Lipinski definition) is 4. The van der Waals surface area contributed by atoms with Gasteiger partial charge in [-0.3, -0.25) is 4.68 Å². The van der Waals surface area contributed by atoms with Crippen LogP contribution in [0.3, 0.4) is 0 Å². The lowest BCUT2D eigenvalue weighted by molar-refractivity contribution is 0.0435. The first-order valence-electron chi connectivity index (χ1n) is 6.67. The van der Waals surface area contributed by atoms with Crippen molar-refractivity contribution < 1.29 is 9.47 Å². The quantitative estimate of drug-likeness (QED) is 0.777. The molecule has 2 N–H and O–H groups in total. The van der Waals surface area contributed by atoms with Crippen LogP contribution in [0.1, 0.15) is 31.0 Å². The van der Waals surface area contributed by atoms with Gasteiger partial charge in [0.2, 0.25) is 0 Å². The van der Waals surface area contributed by atoms with Crippen LogP contribution in [0.15, 0.2) is 12.3 Å². The number of ether oxygens (including phenoxy) is 2. The molecule has 102 valence electrons. The van der Waals surface area contributed by atoms with Crippen molar-refractivity contribution in [3.05, 3.63) is 18.0 Å². The minimum absolute atomic E-state index is 0.0235. The van der Waals surface area contributed by atoms with Crippen LogP contribution in [0.5, 0.6) is 0 Å². The predicted octanol–water partition coefficient (Wildman–Crippen LogP) is 1.35. The molecular formula is C13H23N3O2. The van der Waals surface area contributed by atoms with Gasteiger partial charge >= 0.3 is 0 Å². The van der Waals surface area contributed by atoms with Gasteiger partial charge in [-0.1, -0.05) is 0 Å². The molecule has 1 aromatic rings. The summed E-state index contributed by atoms with van der Waals surface area (Å²) in [6, 6.07) is 2.04. The monoisotopic (exact) mass is 253 g/mol. The van der Waals surface area contributed by atoms with Gasteiger partial charge in [0.1, 0.15) is 0 Å². The summed E-state index contributed by atoms with van der Waals surface area (Å²) in [5.74, 6) is 0.414. The second kappa shape index (κ2) is 6.87. The SMILES string of the molecule is COCCCn1nccc1C(N)C1CCCOC1. The standard InChI is InChI=1S/C13H23N3O2/c1-17-8-3-7-16-12(5-6-15-16)13(14)11-4-2-9-18-10-11/h5-6,11,13H,2-4,7-10,14H2,1H3. The first-order valence-corrected chi connectivity index (χ1v) is 6.67. The van der Waals surface area contributed by atoms with Gasteiger partial charge in [0.05, 0.1) is 18.3 Å². The molecule has 1 aliphatic rings. The number of methoxy groups -OCH3 is 1. The molecule has 0 amide bonds. The fourth-order valence-corrected chi connectivity index (χ4v) is 2.46. The highest BCUT2D eigenvalue weighted by Gasteiger charge is 2.24. The van der Waals surface area contributed by atoms with Crippen LogP contribution < -0.4 is 5.73 Å². The molecule has 5 heteroatoms. The average molecular weight is 253 g/mol. The van der Waals surface area contributed by atoms with E-state index in [1.54, 1.807) is 7.11 Å². The summed E-state index contributed by atoms with van der Waals surface area (Å²) in [5.41, 5.74) is 7.46. The normalized spacial score (nSPS) is 22.0. The first kappa shape index (κ1) is 13.5. The van der Waals surface area contributed by atoms with Gasteiger partial charge in [0.25, 0.3) is 0 Å². The van der Waals surface area contributed by atoms with Gasteiger partial charge in [-0.25, -0.2) is 0 Å². The number of hydrogen-bond donors (Lipinski definition) is 1. The predicted molar refractivity (Wildman–Crippen MR) is 69.2 cm³/mol. The Morgan fingerprint density at radius 1 is 1.67 bits per heavy atom. The third kappa shape index (κ3) is 3.31. The third-order valence-corrected chi connectivity index (χ3v) is 3.51. The lowest BCUT2D eigenvalue weighted by Gasteiger charge is -2.28. The maximum absolute atomic E-state index is 6.35. The van der Waals surface area contributed by atoms with E-state index < -0.39 is 0 Å². The topological polar surface area (TPSA) is 62.3 Å². The van der Waals surface area contributed by atoms with E-state index >= 15 is 0 Å². The maximum atomic E-state index is 6.35. The summed E-state index contributed by atoms with van der Waals surface area (Å²) in [6.45, 7) is 3.25. The summed E-state index contributed by atoms with van der Waals surface area (Å²) in [5, 5.41) is 4.34. The van der Waals surface area contributed by atoms with Crippen LogP contribution in [0.25, 0.3) is 0 Å². The van der Waals surface area contributed by atoms with Crippen molar-refractivity contribution in [3.63, 3.8) is 0 Å². The zero-order valence-electron chi connectivity index (χ0n) is 11.0. The van der Waals surface area contributed by atoms with E-state index in [-0.39, 0.29) is 6.04 Å². The van der Waals surface area contributed by atoms with Gasteiger partial charge in [0.15, 0.2) is 0 Å². The molecule has 5 nitrogen and oxygen atoms in total. The smallest absolute Gasteiger partial charge is 0.0555 e. The van der Waals surface area contributed by atoms with Crippen molar-refractivity contribution in [2.24, 2.45) is 11.7 Å². The second-order valence-electron chi connectivity index (χ2n) is 4.83. The summed E-state index contributed by atoms with van der Waals surface area (Å²) in [6.07, 6.45) is 5.03. The fraction of sp³-hybridized carbons (Fsp3) is 0.769. The molecule has 1 aliphatic heterocycles. The molecule has 1 aromatic heterocycles. The molecule has 0 aliphatic carbocycles. The molecule has 0 spiro atoms. The lowest BCUT2D eigenvalue weighted by atomic mass is 9.92. The second-order valence-corrected chi connectivity index (χ2v) is 4.83. The Morgan fingerprint density at radius 2 is 2.56 bits per heavy atom. The highest BCUT2D eigenvalue weighted by atomic mass is 16.5. The largest absolute Gasteiger partial charge is 0.385 e. The zero-order valence-corrected chi connectivity index (χ0v) is 11.0. The highest BCUT2D eigenvalue weighted by molar-refractivity contribution is 5.08. The van der Waals surface area contributed by atoms with Crippen LogP contribution in [0, 0.1) is 5.92 Å². The van der Waals surface area contributed by atoms with E-state index in [2.05, 4.69) is 5.10 Å². The molecule has 2 unspecified atom stereocenters. The Bertz CT molecular complexity index is 348. The van der Waals surface area contributed by atoms with Gasteiger partial charge in [-0.05, 0) is 25.3 Å². The molecule has 0 saturated carbocycles. The van der Waals surface area contributed by atoms with Crippen molar-refractivity contribution in [1.29, 1.82) is 0 Å². The average Bonchev–Trinajstić information content (AvgIpc) is 2.88. The Morgan fingerprint density at radius 3 is 3.28 bits per heavy atom. The lowest BCUT2D eigenvalue weighted by Crippen LogP contribution is -2.30. The number of rotatable bonds is 6.